The molecule has 1 fully saturated rings. The first-order valence-corrected chi connectivity index (χ1v) is 8.45. The average Bonchev–Trinajstić information content (AvgIpc) is 2.64. The molecule has 2 aromatic heterocycles. The lowest BCUT2D eigenvalue weighted by molar-refractivity contribution is 0.100. The van der Waals surface area contributed by atoms with Crippen LogP contribution in [0.4, 0.5) is 11.4 Å². The van der Waals surface area contributed by atoms with Crippen molar-refractivity contribution in [2.45, 2.75) is 6.42 Å². The van der Waals surface area contributed by atoms with Crippen molar-refractivity contribution >= 4 is 50.6 Å². The molecule has 0 saturated carbocycles. The van der Waals surface area contributed by atoms with Crippen LogP contribution >= 0.6 is 23.1 Å². The zero-order valence-corrected chi connectivity index (χ0v) is 12.6. The Hall–Kier alpha value is -1.47. The lowest BCUT2D eigenvalue weighted by Crippen LogP contribution is -2.25. The van der Waals surface area contributed by atoms with Crippen molar-refractivity contribution in [1.29, 1.82) is 0 Å². The van der Waals surface area contributed by atoms with Gasteiger partial charge in [-0.25, -0.2) is 4.98 Å². The normalized spacial score (nSPS) is 16.3. The summed E-state index contributed by atoms with van der Waals surface area (Å²) < 4.78 is 0. The molecule has 0 aromatic carbocycles. The van der Waals surface area contributed by atoms with E-state index in [1.807, 2.05) is 17.8 Å². The van der Waals surface area contributed by atoms with Crippen molar-refractivity contribution < 1.29 is 4.79 Å². The molecular formula is C13H16N4OS2. The second-order valence-electron chi connectivity index (χ2n) is 4.67. The van der Waals surface area contributed by atoms with Crippen molar-refractivity contribution in [3.05, 3.63) is 17.1 Å². The number of carbonyl (C=O) groups is 1. The van der Waals surface area contributed by atoms with Crippen LogP contribution in [0.2, 0.25) is 0 Å². The fraction of sp³-hybridized carbons (Fsp3) is 0.385. The Kier molecular flexibility index (Phi) is 3.71. The molecule has 5 nitrogen and oxygen atoms in total. The van der Waals surface area contributed by atoms with Crippen LogP contribution in [0.5, 0.6) is 0 Å². The molecule has 0 spiro atoms. The molecule has 3 heterocycles. The number of pyridine rings is 1. The van der Waals surface area contributed by atoms with Crippen LogP contribution in [0, 0.1) is 0 Å². The van der Waals surface area contributed by atoms with Gasteiger partial charge in [0.1, 0.15) is 9.71 Å². The minimum atomic E-state index is -0.483. The Morgan fingerprint density at radius 1 is 1.35 bits per heavy atom. The Morgan fingerprint density at radius 2 is 2.20 bits per heavy atom. The van der Waals surface area contributed by atoms with E-state index < -0.39 is 5.91 Å². The molecule has 1 aliphatic heterocycles. The van der Waals surface area contributed by atoms with Gasteiger partial charge in [0.05, 0.1) is 16.8 Å². The van der Waals surface area contributed by atoms with Crippen LogP contribution in [0.3, 0.4) is 0 Å². The van der Waals surface area contributed by atoms with Crippen molar-refractivity contribution in [3.63, 3.8) is 0 Å². The molecular weight excluding hydrogens is 292 g/mol. The van der Waals surface area contributed by atoms with Crippen LogP contribution in [0.25, 0.3) is 10.2 Å². The predicted molar refractivity (Wildman–Crippen MR) is 86.7 cm³/mol. The number of primary amides is 1. The zero-order valence-electron chi connectivity index (χ0n) is 11.0. The fourth-order valence-electron chi connectivity index (χ4n) is 2.46. The summed E-state index contributed by atoms with van der Waals surface area (Å²) in [5.74, 6) is 1.82. The SMILES string of the molecule is NC(=O)c1sc2nccc(N3CCCSCC3)c2c1N. The second kappa shape index (κ2) is 5.49. The third-order valence-corrected chi connectivity index (χ3v) is 5.57. The van der Waals surface area contributed by atoms with Gasteiger partial charge in [0.25, 0.3) is 5.91 Å². The minimum Gasteiger partial charge on any atom is -0.397 e. The number of fused-ring (bicyclic) bond motifs is 1. The Morgan fingerprint density at radius 3 is 3.00 bits per heavy atom. The maximum Gasteiger partial charge on any atom is 0.260 e. The molecule has 106 valence electrons. The molecule has 7 heteroatoms. The number of nitrogens with zero attached hydrogens (tertiary/aromatic N) is 2. The van der Waals surface area contributed by atoms with Gasteiger partial charge >= 0.3 is 0 Å². The summed E-state index contributed by atoms with van der Waals surface area (Å²) in [6, 6.07) is 1.98. The first-order chi connectivity index (χ1) is 9.68. The van der Waals surface area contributed by atoms with E-state index in [0.29, 0.717) is 10.6 Å². The molecule has 1 amide bonds. The van der Waals surface area contributed by atoms with Crippen LogP contribution in [-0.4, -0.2) is 35.5 Å². The summed E-state index contributed by atoms with van der Waals surface area (Å²) in [4.78, 5) is 19.3. The number of nitrogen functional groups attached to an aromatic ring is 1. The summed E-state index contributed by atoms with van der Waals surface area (Å²) in [6.45, 7) is 2.00. The van der Waals surface area contributed by atoms with Gasteiger partial charge in [-0.15, -0.1) is 11.3 Å². The van der Waals surface area contributed by atoms with Gasteiger partial charge in [-0.05, 0) is 18.2 Å². The third kappa shape index (κ3) is 2.31. The first-order valence-electron chi connectivity index (χ1n) is 6.48. The number of thioether (sulfide) groups is 1. The van der Waals surface area contributed by atoms with E-state index >= 15 is 0 Å². The number of amides is 1. The van der Waals surface area contributed by atoms with Crippen LogP contribution < -0.4 is 16.4 Å². The number of nitrogens with two attached hydrogens (primary N) is 2. The Balaban J connectivity index is 2.12. The van der Waals surface area contributed by atoms with Crippen molar-refractivity contribution in [2.75, 3.05) is 35.2 Å². The molecule has 1 aliphatic rings. The van der Waals surface area contributed by atoms with Gasteiger partial charge in [-0.3, -0.25) is 4.79 Å². The molecule has 0 radical (unpaired) electrons. The highest BCUT2D eigenvalue weighted by molar-refractivity contribution is 7.99. The van der Waals surface area contributed by atoms with Gasteiger partial charge in [-0.2, -0.15) is 11.8 Å². The van der Waals surface area contributed by atoms with Gasteiger partial charge in [0.2, 0.25) is 0 Å². The third-order valence-electron chi connectivity index (χ3n) is 3.39. The largest absolute Gasteiger partial charge is 0.397 e. The van der Waals surface area contributed by atoms with Crippen LogP contribution in [-0.2, 0) is 0 Å². The standard InChI is InChI=1S/C13H16N4OS2/c14-10-9-8(17-4-1-6-19-7-5-17)2-3-16-13(9)20-11(10)12(15)18/h2-3H,1,4-7,14H2,(H2,15,18). The molecule has 0 unspecified atom stereocenters. The van der Waals surface area contributed by atoms with Crippen molar-refractivity contribution in [3.8, 4) is 0 Å². The number of thiophene rings is 1. The number of carbonyl (C=O) groups excluding carboxylic acids is 1. The number of aromatic nitrogens is 1. The molecule has 0 aliphatic carbocycles. The topological polar surface area (TPSA) is 85.2 Å². The molecule has 0 bridgehead atoms. The van der Waals surface area contributed by atoms with Crippen molar-refractivity contribution in [2.24, 2.45) is 5.73 Å². The Labute approximate surface area is 125 Å². The van der Waals surface area contributed by atoms with E-state index in [1.165, 1.54) is 17.1 Å². The molecule has 1 saturated heterocycles. The van der Waals surface area contributed by atoms with Gasteiger partial charge < -0.3 is 16.4 Å². The average molecular weight is 308 g/mol. The molecule has 0 atom stereocenters. The van der Waals surface area contributed by atoms with Gasteiger partial charge in [0, 0.05) is 25.0 Å². The predicted octanol–water partition coefficient (Wildman–Crippen LogP) is 1.92. The van der Waals surface area contributed by atoms with Crippen LogP contribution in [0.15, 0.2) is 12.3 Å². The zero-order chi connectivity index (χ0) is 14.1. The summed E-state index contributed by atoms with van der Waals surface area (Å²) >= 11 is 3.25. The highest BCUT2D eigenvalue weighted by atomic mass is 32.2. The molecule has 2 aromatic rings. The van der Waals surface area contributed by atoms with E-state index in [0.717, 1.165) is 41.2 Å². The smallest absolute Gasteiger partial charge is 0.260 e. The van der Waals surface area contributed by atoms with Crippen molar-refractivity contribution in [1.82, 2.24) is 4.98 Å². The van der Waals surface area contributed by atoms with E-state index in [1.54, 1.807) is 6.20 Å². The number of anilines is 2. The highest BCUT2D eigenvalue weighted by Crippen LogP contribution is 2.38. The maximum absolute atomic E-state index is 11.4. The molecule has 4 N–H and O–H groups in total. The number of hydrogen-bond donors (Lipinski definition) is 2. The summed E-state index contributed by atoms with van der Waals surface area (Å²) in [6.07, 6.45) is 2.93. The minimum absolute atomic E-state index is 0.407. The quantitative estimate of drug-likeness (QED) is 0.885. The van der Waals surface area contributed by atoms with E-state index in [4.69, 9.17) is 11.5 Å². The van der Waals surface area contributed by atoms with Crippen LogP contribution in [0.1, 0.15) is 16.1 Å². The highest BCUT2D eigenvalue weighted by Gasteiger charge is 2.20. The fourth-order valence-corrected chi connectivity index (χ4v) is 4.29. The number of rotatable bonds is 2. The van der Waals surface area contributed by atoms with E-state index in [2.05, 4.69) is 9.88 Å². The molecule has 20 heavy (non-hydrogen) atoms. The summed E-state index contributed by atoms with van der Waals surface area (Å²) in [5, 5.41) is 0.873. The number of hydrogen-bond acceptors (Lipinski definition) is 6. The van der Waals surface area contributed by atoms with E-state index in [-0.39, 0.29) is 0 Å². The first kappa shape index (κ1) is 13.5. The molecule has 3 rings (SSSR count). The maximum atomic E-state index is 11.4. The summed E-state index contributed by atoms with van der Waals surface area (Å²) in [5.41, 5.74) is 13.0. The lowest BCUT2D eigenvalue weighted by atomic mass is 10.2. The van der Waals surface area contributed by atoms with Gasteiger partial charge in [0.15, 0.2) is 0 Å². The van der Waals surface area contributed by atoms with E-state index in [9.17, 15) is 4.79 Å². The monoisotopic (exact) mass is 308 g/mol. The Bertz CT molecular complexity index is 647. The van der Waals surface area contributed by atoms with Gasteiger partial charge in [-0.1, -0.05) is 0 Å². The lowest BCUT2D eigenvalue weighted by Gasteiger charge is -2.23. The second-order valence-corrected chi connectivity index (χ2v) is 6.90. The summed E-state index contributed by atoms with van der Waals surface area (Å²) in [7, 11) is 0.